The number of allylic oxidation sites excluding steroid dienone is 2. The molecule has 0 radical (unpaired) electrons. The molecule has 0 aromatic rings. The standard InChI is InChI=1S/C12H19NO2/c1-4-11(3)8-12(11,13)6-5-9(2)7-10(14)15/h5-7H,4,8,13H2,1-3H3,(H,14,15). The molecule has 84 valence electrons. The third-order valence-electron chi connectivity index (χ3n) is 3.46. The monoisotopic (exact) mass is 209 g/mol. The van der Waals surface area contributed by atoms with Crippen LogP contribution < -0.4 is 5.73 Å². The quantitative estimate of drug-likeness (QED) is 0.550. The molecular weight excluding hydrogens is 190 g/mol. The Labute approximate surface area is 90.7 Å². The second-order valence-electron chi connectivity index (χ2n) is 4.69. The van der Waals surface area contributed by atoms with E-state index in [9.17, 15) is 4.79 Å². The van der Waals surface area contributed by atoms with E-state index in [-0.39, 0.29) is 11.0 Å². The zero-order valence-electron chi connectivity index (χ0n) is 9.58. The number of carboxylic acid groups (broad SMARTS) is 1. The molecule has 0 saturated heterocycles. The highest BCUT2D eigenvalue weighted by Gasteiger charge is 2.58. The minimum absolute atomic E-state index is 0.188. The van der Waals surface area contributed by atoms with Crippen molar-refractivity contribution in [3.8, 4) is 0 Å². The van der Waals surface area contributed by atoms with Crippen LogP contribution in [-0.4, -0.2) is 16.6 Å². The van der Waals surface area contributed by atoms with Crippen molar-refractivity contribution in [2.24, 2.45) is 11.1 Å². The highest BCUT2D eigenvalue weighted by atomic mass is 16.4. The first kappa shape index (κ1) is 12.0. The third-order valence-corrected chi connectivity index (χ3v) is 3.46. The molecule has 3 N–H and O–H groups in total. The van der Waals surface area contributed by atoms with E-state index in [1.807, 2.05) is 6.08 Å². The lowest BCUT2D eigenvalue weighted by atomic mass is 9.99. The zero-order chi connectivity index (χ0) is 11.7. The maximum atomic E-state index is 10.4. The first-order valence-corrected chi connectivity index (χ1v) is 5.22. The lowest BCUT2D eigenvalue weighted by Crippen LogP contribution is -2.26. The second kappa shape index (κ2) is 3.81. The molecule has 0 heterocycles. The Bertz CT molecular complexity index is 333. The van der Waals surface area contributed by atoms with Crippen LogP contribution in [0.4, 0.5) is 0 Å². The van der Waals surface area contributed by atoms with Gasteiger partial charge in [0.25, 0.3) is 0 Å². The van der Waals surface area contributed by atoms with E-state index < -0.39 is 5.97 Å². The number of carboxylic acids is 1. The minimum atomic E-state index is -0.919. The predicted octanol–water partition coefficient (Wildman–Crippen LogP) is 2.09. The Morgan fingerprint density at radius 2 is 2.20 bits per heavy atom. The fraction of sp³-hybridized carbons (Fsp3) is 0.583. The Hall–Kier alpha value is -1.09. The maximum Gasteiger partial charge on any atom is 0.328 e. The molecule has 1 aliphatic rings. The summed E-state index contributed by atoms with van der Waals surface area (Å²) in [6, 6.07) is 0. The summed E-state index contributed by atoms with van der Waals surface area (Å²) in [4.78, 5) is 10.4. The van der Waals surface area contributed by atoms with Crippen LogP contribution in [0.25, 0.3) is 0 Å². The first-order valence-electron chi connectivity index (χ1n) is 5.22. The fourth-order valence-corrected chi connectivity index (χ4v) is 1.84. The van der Waals surface area contributed by atoms with Crippen molar-refractivity contribution in [3.05, 3.63) is 23.8 Å². The molecule has 1 aliphatic carbocycles. The predicted molar refractivity (Wildman–Crippen MR) is 60.5 cm³/mol. The van der Waals surface area contributed by atoms with E-state index in [4.69, 9.17) is 10.8 Å². The highest BCUT2D eigenvalue weighted by Crippen LogP contribution is 2.57. The highest BCUT2D eigenvalue weighted by molar-refractivity contribution is 5.81. The summed E-state index contributed by atoms with van der Waals surface area (Å²) >= 11 is 0. The molecule has 3 heteroatoms. The van der Waals surface area contributed by atoms with Gasteiger partial charge in [0, 0.05) is 11.6 Å². The zero-order valence-corrected chi connectivity index (χ0v) is 9.58. The Morgan fingerprint density at radius 3 is 2.60 bits per heavy atom. The van der Waals surface area contributed by atoms with Crippen LogP contribution in [0, 0.1) is 5.41 Å². The van der Waals surface area contributed by atoms with Crippen LogP contribution in [0.15, 0.2) is 23.8 Å². The summed E-state index contributed by atoms with van der Waals surface area (Å²) in [6.45, 7) is 6.05. The molecule has 0 amide bonds. The van der Waals surface area contributed by atoms with E-state index in [0.717, 1.165) is 18.4 Å². The summed E-state index contributed by atoms with van der Waals surface area (Å²) in [5.41, 5.74) is 6.82. The van der Waals surface area contributed by atoms with Gasteiger partial charge >= 0.3 is 5.97 Å². The van der Waals surface area contributed by atoms with Crippen LogP contribution >= 0.6 is 0 Å². The summed E-state index contributed by atoms with van der Waals surface area (Å²) in [5.74, 6) is -0.919. The van der Waals surface area contributed by atoms with Gasteiger partial charge in [0.05, 0.1) is 0 Å². The summed E-state index contributed by atoms with van der Waals surface area (Å²) in [5, 5.41) is 8.54. The van der Waals surface area contributed by atoms with Crippen molar-refractivity contribution in [1.82, 2.24) is 0 Å². The van der Waals surface area contributed by atoms with Crippen LogP contribution in [0.5, 0.6) is 0 Å². The smallest absolute Gasteiger partial charge is 0.328 e. The van der Waals surface area contributed by atoms with Gasteiger partial charge in [-0.25, -0.2) is 4.79 Å². The third kappa shape index (κ3) is 2.48. The number of nitrogens with two attached hydrogens (primary N) is 1. The average Bonchev–Trinajstić information content (AvgIpc) is 2.67. The molecule has 1 saturated carbocycles. The second-order valence-corrected chi connectivity index (χ2v) is 4.69. The van der Waals surface area contributed by atoms with E-state index in [0.29, 0.717) is 0 Å². The Balaban J connectivity index is 2.65. The summed E-state index contributed by atoms with van der Waals surface area (Å²) in [6.07, 6.45) is 6.95. The van der Waals surface area contributed by atoms with E-state index in [1.54, 1.807) is 13.0 Å². The van der Waals surface area contributed by atoms with Crippen molar-refractivity contribution in [1.29, 1.82) is 0 Å². The van der Waals surface area contributed by atoms with Gasteiger partial charge < -0.3 is 10.8 Å². The van der Waals surface area contributed by atoms with E-state index in [2.05, 4.69) is 13.8 Å². The fourth-order valence-electron chi connectivity index (χ4n) is 1.84. The Kier molecular flexibility index (Phi) is 3.05. The van der Waals surface area contributed by atoms with Gasteiger partial charge in [0.1, 0.15) is 0 Å². The molecule has 0 aromatic carbocycles. The normalized spacial score (nSPS) is 35.9. The number of aliphatic carboxylic acids is 1. The van der Waals surface area contributed by atoms with Gasteiger partial charge in [-0.15, -0.1) is 0 Å². The molecular formula is C12H19NO2. The molecule has 1 rings (SSSR count). The number of rotatable bonds is 4. The molecule has 15 heavy (non-hydrogen) atoms. The molecule has 0 spiro atoms. The van der Waals surface area contributed by atoms with Crippen molar-refractivity contribution in [2.75, 3.05) is 0 Å². The number of carbonyl (C=O) groups is 1. The van der Waals surface area contributed by atoms with E-state index >= 15 is 0 Å². The molecule has 2 atom stereocenters. The maximum absolute atomic E-state index is 10.4. The van der Waals surface area contributed by atoms with Crippen LogP contribution in [0.2, 0.25) is 0 Å². The van der Waals surface area contributed by atoms with E-state index in [1.165, 1.54) is 6.08 Å². The largest absolute Gasteiger partial charge is 0.478 e. The molecule has 3 nitrogen and oxygen atoms in total. The van der Waals surface area contributed by atoms with Gasteiger partial charge in [-0.1, -0.05) is 26.0 Å². The number of hydrogen-bond acceptors (Lipinski definition) is 2. The van der Waals surface area contributed by atoms with Crippen LogP contribution in [-0.2, 0) is 4.79 Å². The molecule has 0 aliphatic heterocycles. The molecule has 0 bridgehead atoms. The van der Waals surface area contributed by atoms with Gasteiger partial charge in [-0.05, 0) is 30.8 Å². The van der Waals surface area contributed by atoms with Crippen molar-refractivity contribution < 1.29 is 9.90 Å². The van der Waals surface area contributed by atoms with Crippen molar-refractivity contribution >= 4 is 5.97 Å². The van der Waals surface area contributed by atoms with Crippen molar-refractivity contribution in [2.45, 2.75) is 39.2 Å². The van der Waals surface area contributed by atoms with Crippen LogP contribution in [0.1, 0.15) is 33.6 Å². The van der Waals surface area contributed by atoms with Gasteiger partial charge in [-0.3, -0.25) is 0 Å². The Morgan fingerprint density at radius 1 is 1.60 bits per heavy atom. The van der Waals surface area contributed by atoms with Gasteiger partial charge in [-0.2, -0.15) is 0 Å². The lowest BCUT2D eigenvalue weighted by molar-refractivity contribution is -0.131. The molecule has 0 aromatic heterocycles. The van der Waals surface area contributed by atoms with Crippen molar-refractivity contribution in [3.63, 3.8) is 0 Å². The summed E-state index contributed by atoms with van der Waals surface area (Å²) < 4.78 is 0. The minimum Gasteiger partial charge on any atom is -0.478 e. The van der Waals surface area contributed by atoms with Gasteiger partial charge in [0.2, 0.25) is 0 Å². The average molecular weight is 209 g/mol. The molecule has 2 unspecified atom stereocenters. The summed E-state index contributed by atoms with van der Waals surface area (Å²) in [7, 11) is 0. The topological polar surface area (TPSA) is 63.3 Å². The van der Waals surface area contributed by atoms with Crippen LogP contribution in [0.3, 0.4) is 0 Å². The SMILES string of the molecule is CCC1(C)CC1(N)C=CC(C)=CC(=O)O. The lowest BCUT2D eigenvalue weighted by Gasteiger charge is -2.12. The number of hydrogen-bond donors (Lipinski definition) is 2. The van der Waals surface area contributed by atoms with Gasteiger partial charge in [0.15, 0.2) is 0 Å². The molecule has 1 fully saturated rings. The first-order chi connectivity index (χ1) is 6.83.